The van der Waals surface area contributed by atoms with Gasteiger partial charge in [0.05, 0.1) is 6.61 Å². The smallest absolute Gasteiger partial charge is 0.124 e. The lowest BCUT2D eigenvalue weighted by molar-refractivity contribution is 0.140. The lowest BCUT2D eigenvalue weighted by Crippen LogP contribution is -2.26. The Morgan fingerprint density at radius 2 is 1.68 bits per heavy atom. The van der Waals surface area contributed by atoms with Crippen LogP contribution in [0.15, 0.2) is 42.5 Å². The number of halogens is 3. The Balaban J connectivity index is 2.09. The minimum absolute atomic E-state index is 0.256. The Morgan fingerprint density at radius 3 is 2.32 bits per heavy atom. The Bertz CT molecular complexity index is 604. The molecule has 118 valence electrons. The molecule has 0 aromatic heterocycles. The molecule has 0 heterocycles. The van der Waals surface area contributed by atoms with E-state index in [0.29, 0.717) is 31.3 Å². The van der Waals surface area contributed by atoms with Gasteiger partial charge in [-0.3, -0.25) is 4.90 Å². The second-order valence-electron chi connectivity index (χ2n) is 5.07. The average molecular weight is 326 g/mol. The second-order valence-corrected chi connectivity index (χ2v) is 5.47. The van der Waals surface area contributed by atoms with E-state index in [9.17, 15) is 8.78 Å². The van der Waals surface area contributed by atoms with E-state index in [2.05, 4.69) is 4.90 Å². The quantitative estimate of drug-likeness (QED) is 0.754. The second kappa shape index (κ2) is 8.22. The van der Waals surface area contributed by atoms with Crippen LogP contribution in [0.25, 0.3) is 0 Å². The van der Waals surface area contributed by atoms with Crippen molar-refractivity contribution in [2.75, 3.05) is 20.3 Å². The van der Waals surface area contributed by atoms with Crippen molar-refractivity contribution in [1.29, 1.82) is 0 Å². The van der Waals surface area contributed by atoms with Crippen LogP contribution in [-0.4, -0.2) is 25.2 Å². The zero-order valence-corrected chi connectivity index (χ0v) is 13.1. The normalized spacial score (nSPS) is 11.1. The standard InChI is InChI=1S/C17H18ClF2NO/c1-22-9-8-21(11-13-2-5-15(19)6-3-13)12-14-4-7-16(20)10-17(14)18/h2-7,10H,8-9,11-12H2,1H3. The SMILES string of the molecule is COCCN(Cc1ccc(F)cc1)Cc1ccc(F)cc1Cl. The number of benzene rings is 2. The fraction of sp³-hybridized carbons (Fsp3) is 0.294. The van der Waals surface area contributed by atoms with E-state index in [0.717, 1.165) is 11.1 Å². The molecular formula is C17H18ClF2NO. The molecule has 0 saturated carbocycles. The van der Waals surface area contributed by atoms with Gasteiger partial charge in [0.2, 0.25) is 0 Å². The van der Waals surface area contributed by atoms with Crippen LogP contribution < -0.4 is 0 Å². The molecular weight excluding hydrogens is 308 g/mol. The molecule has 0 bridgehead atoms. The van der Waals surface area contributed by atoms with Crippen LogP contribution in [0.5, 0.6) is 0 Å². The molecule has 0 atom stereocenters. The maximum Gasteiger partial charge on any atom is 0.124 e. The van der Waals surface area contributed by atoms with Gasteiger partial charge in [-0.05, 0) is 35.4 Å². The highest BCUT2D eigenvalue weighted by molar-refractivity contribution is 6.31. The Kier molecular flexibility index (Phi) is 6.31. The zero-order valence-electron chi connectivity index (χ0n) is 12.4. The largest absolute Gasteiger partial charge is 0.383 e. The molecule has 0 amide bonds. The van der Waals surface area contributed by atoms with Crippen molar-refractivity contribution >= 4 is 11.6 Å². The van der Waals surface area contributed by atoms with Crippen molar-refractivity contribution in [3.8, 4) is 0 Å². The third kappa shape index (κ3) is 5.05. The minimum Gasteiger partial charge on any atom is -0.383 e. The van der Waals surface area contributed by atoms with E-state index in [1.165, 1.54) is 24.3 Å². The maximum atomic E-state index is 13.1. The minimum atomic E-state index is -0.351. The number of nitrogens with zero attached hydrogens (tertiary/aromatic N) is 1. The number of hydrogen-bond acceptors (Lipinski definition) is 2. The van der Waals surface area contributed by atoms with Gasteiger partial charge in [0.1, 0.15) is 11.6 Å². The predicted molar refractivity (Wildman–Crippen MR) is 83.8 cm³/mol. The lowest BCUT2D eigenvalue weighted by Gasteiger charge is -2.22. The van der Waals surface area contributed by atoms with Crippen LogP contribution in [0.3, 0.4) is 0 Å². The summed E-state index contributed by atoms with van der Waals surface area (Å²) < 4.78 is 31.2. The molecule has 2 aromatic rings. The van der Waals surface area contributed by atoms with Crippen LogP contribution in [0.4, 0.5) is 8.78 Å². The average Bonchev–Trinajstić information content (AvgIpc) is 2.49. The zero-order chi connectivity index (χ0) is 15.9. The molecule has 0 N–H and O–H groups in total. The molecule has 5 heteroatoms. The fourth-order valence-corrected chi connectivity index (χ4v) is 2.40. The van der Waals surface area contributed by atoms with E-state index in [1.807, 2.05) is 0 Å². The van der Waals surface area contributed by atoms with Crippen LogP contribution in [0.2, 0.25) is 5.02 Å². The third-order valence-corrected chi connectivity index (χ3v) is 3.69. The molecule has 0 aliphatic heterocycles. The highest BCUT2D eigenvalue weighted by Crippen LogP contribution is 2.20. The molecule has 2 nitrogen and oxygen atoms in total. The summed E-state index contributed by atoms with van der Waals surface area (Å²) in [6.07, 6.45) is 0. The van der Waals surface area contributed by atoms with Crippen molar-refractivity contribution in [2.24, 2.45) is 0 Å². The van der Waals surface area contributed by atoms with Gasteiger partial charge in [0.15, 0.2) is 0 Å². The molecule has 22 heavy (non-hydrogen) atoms. The van der Waals surface area contributed by atoms with Crippen LogP contribution >= 0.6 is 11.6 Å². The van der Waals surface area contributed by atoms with E-state index < -0.39 is 0 Å². The van der Waals surface area contributed by atoms with Crippen LogP contribution in [0, 0.1) is 11.6 Å². The first-order chi connectivity index (χ1) is 10.6. The van der Waals surface area contributed by atoms with Crippen molar-refractivity contribution in [2.45, 2.75) is 13.1 Å². The molecule has 0 spiro atoms. The van der Waals surface area contributed by atoms with Crippen LogP contribution in [0.1, 0.15) is 11.1 Å². The summed E-state index contributed by atoms with van der Waals surface area (Å²) >= 11 is 6.08. The van der Waals surface area contributed by atoms with Gasteiger partial charge in [-0.15, -0.1) is 0 Å². The molecule has 0 aliphatic carbocycles. The van der Waals surface area contributed by atoms with Crippen LogP contribution in [-0.2, 0) is 17.8 Å². The molecule has 0 unspecified atom stereocenters. The summed E-state index contributed by atoms with van der Waals surface area (Å²) in [7, 11) is 1.64. The number of hydrogen-bond donors (Lipinski definition) is 0. The first-order valence-corrected chi connectivity index (χ1v) is 7.36. The molecule has 0 saturated heterocycles. The van der Waals surface area contributed by atoms with E-state index in [4.69, 9.17) is 16.3 Å². The van der Waals surface area contributed by atoms with Gasteiger partial charge in [-0.25, -0.2) is 8.78 Å². The third-order valence-electron chi connectivity index (χ3n) is 3.34. The molecule has 0 aliphatic rings. The summed E-state index contributed by atoms with van der Waals surface area (Å²) in [5.41, 5.74) is 1.84. The molecule has 0 radical (unpaired) electrons. The molecule has 2 aromatic carbocycles. The van der Waals surface area contributed by atoms with Gasteiger partial charge in [0.25, 0.3) is 0 Å². The van der Waals surface area contributed by atoms with Crippen molar-refractivity contribution in [3.05, 3.63) is 70.2 Å². The topological polar surface area (TPSA) is 12.5 Å². The van der Waals surface area contributed by atoms with Gasteiger partial charge in [-0.1, -0.05) is 29.8 Å². The molecule has 2 rings (SSSR count). The monoisotopic (exact) mass is 325 g/mol. The summed E-state index contributed by atoms with van der Waals surface area (Å²) in [5, 5.41) is 0.404. The number of methoxy groups -OCH3 is 1. The summed E-state index contributed by atoms with van der Waals surface area (Å²) in [6.45, 7) is 2.47. The van der Waals surface area contributed by atoms with Gasteiger partial charge >= 0.3 is 0 Å². The lowest BCUT2D eigenvalue weighted by atomic mass is 10.1. The summed E-state index contributed by atoms with van der Waals surface area (Å²) in [5.74, 6) is -0.607. The highest BCUT2D eigenvalue weighted by Gasteiger charge is 2.10. The van der Waals surface area contributed by atoms with E-state index >= 15 is 0 Å². The Morgan fingerprint density at radius 1 is 1.00 bits per heavy atom. The first-order valence-electron chi connectivity index (χ1n) is 6.98. The van der Waals surface area contributed by atoms with Gasteiger partial charge in [0, 0.05) is 31.8 Å². The van der Waals surface area contributed by atoms with E-state index in [1.54, 1.807) is 25.3 Å². The summed E-state index contributed by atoms with van der Waals surface area (Å²) in [6, 6.07) is 10.8. The van der Waals surface area contributed by atoms with E-state index in [-0.39, 0.29) is 11.6 Å². The number of rotatable bonds is 7. The first kappa shape index (κ1) is 16.9. The number of ether oxygens (including phenoxy) is 1. The van der Waals surface area contributed by atoms with Gasteiger partial charge in [-0.2, -0.15) is 0 Å². The van der Waals surface area contributed by atoms with Crippen molar-refractivity contribution < 1.29 is 13.5 Å². The Hall–Kier alpha value is -1.49. The maximum absolute atomic E-state index is 13.1. The molecule has 0 fully saturated rings. The van der Waals surface area contributed by atoms with Gasteiger partial charge < -0.3 is 4.74 Å². The predicted octanol–water partition coefficient (Wildman–Crippen LogP) is 4.27. The van der Waals surface area contributed by atoms with Crippen molar-refractivity contribution in [1.82, 2.24) is 4.90 Å². The highest BCUT2D eigenvalue weighted by atomic mass is 35.5. The summed E-state index contributed by atoms with van der Waals surface area (Å²) in [4.78, 5) is 2.12. The Labute approximate surface area is 134 Å². The fourth-order valence-electron chi connectivity index (χ4n) is 2.17. The van der Waals surface area contributed by atoms with Crippen molar-refractivity contribution in [3.63, 3.8) is 0 Å².